The first-order valence-electron chi connectivity index (χ1n) is 6.24. The monoisotopic (exact) mass is 324 g/mol. The number of alkyl halides is 1. The van der Waals surface area contributed by atoms with Crippen LogP contribution in [0, 0.1) is 0 Å². The van der Waals surface area contributed by atoms with Crippen molar-refractivity contribution in [3.63, 3.8) is 0 Å². The van der Waals surface area contributed by atoms with Crippen LogP contribution in [0.15, 0.2) is 66.3 Å². The molecule has 0 aliphatic heterocycles. The van der Waals surface area contributed by atoms with E-state index < -0.39 is 9.95 Å². The van der Waals surface area contributed by atoms with Crippen molar-refractivity contribution in [2.75, 3.05) is 0 Å². The minimum Gasteiger partial charge on any atom is -0.279 e. The van der Waals surface area contributed by atoms with Crippen molar-refractivity contribution < 1.29 is 4.79 Å². The third-order valence-corrected chi connectivity index (χ3v) is 5.16. The number of benzene rings is 1. The Hall–Kier alpha value is -0.960. The van der Waals surface area contributed by atoms with Gasteiger partial charge < -0.3 is 0 Å². The highest BCUT2D eigenvalue weighted by atomic mass is 35.5. The molecule has 1 aliphatic carbocycles. The largest absolute Gasteiger partial charge is 0.279 e. The van der Waals surface area contributed by atoms with Gasteiger partial charge in [-0.2, -0.15) is 0 Å². The third-order valence-electron chi connectivity index (χ3n) is 2.90. The van der Waals surface area contributed by atoms with Crippen LogP contribution in [0.2, 0.25) is 0 Å². The summed E-state index contributed by atoms with van der Waals surface area (Å²) < 4.78 is -0.751. The van der Waals surface area contributed by atoms with Crippen LogP contribution in [0.4, 0.5) is 0 Å². The number of allylic oxidation sites excluding steroid dienone is 5. The molecule has 0 N–H and O–H groups in total. The Labute approximate surface area is 133 Å². The molecule has 0 fully saturated rings. The van der Waals surface area contributed by atoms with Crippen LogP contribution in [-0.4, -0.2) is 9.95 Å². The van der Waals surface area contributed by atoms with Gasteiger partial charge in [-0.25, -0.2) is 0 Å². The van der Waals surface area contributed by atoms with Gasteiger partial charge in [0.1, 0.15) is 0 Å². The van der Waals surface area contributed by atoms with Gasteiger partial charge >= 0.3 is 0 Å². The molecule has 0 amide bonds. The van der Waals surface area contributed by atoms with Crippen molar-refractivity contribution >= 4 is 40.2 Å². The summed E-state index contributed by atoms with van der Waals surface area (Å²) in [5.41, 5.74) is 2.32. The molecular weight excluding hydrogens is 311 g/mol. The Bertz CT molecular complexity index is 549. The molecule has 2 rings (SSSR count). The molecule has 0 saturated heterocycles. The summed E-state index contributed by atoms with van der Waals surface area (Å²) in [5.74, 6) is 0. The number of carbonyl (C=O) groups is 1. The number of carbonyl (C=O) groups excluding carboxylic acids is 1. The van der Waals surface area contributed by atoms with Gasteiger partial charge in [-0.3, -0.25) is 4.79 Å². The molecule has 20 heavy (non-hydrogen) atoms. The predicted molar refractivity (Wildman–Crippen MR) is 88.3 cm³/mol. The van der Waals surface area contributed by atoms with Crippen molar-refractivity contribution in [2.45, 2.75) is 16.4 Å². The van der Waals surface area contributed by atoms with Crippen LogP contribution >= 0.6 is 35.0 Å². The van der Waals surface area contributed by atoms with Crippen molar-refractivity contribution in [3.05, 3.63) is 71.8 Å². The first-order valence-corrected chi connectivity index (χ1v) is 8.00. The van der Waals surface area contributed by atoms with Crippen molar-refractivity contribution in [2.24, 2.45) is 0 Å². The van der Waals surface area contributed by atoms with E-state index in [0.29, 0.717) is 0 Å². The molecule has 1 nitrogen and oxygen atoms in total. The Kier molecular flexibility index (Phi) is 5.96. The molecular formula is C16H14Cl2OS. The van der Waals surface area contributed by atoms with E-state index in [1.54, 1.807) is 0 Å². The molecule has 0 radical (unpaired) electrons. The minimum atomic E-state index is -0.751. The fraction of sp³-hybridized carbons (Fsp3) is 0.188. The highest BCUT2D eigenvalue weighted by Gasteiger charge is 2.23. The normalized spacial score (nSPS) is 17.2. The van der Waals surface area contributed by atoms with Crippen molar-refractivity contribution in [3.8, 4) is 0 Å². The van der Waals surface area contributed by atoms with Crippen LogP contribution in [0.3, 0.4) is 0 Å². The van der Waals surface area contributed by atoms with E-state index in [9.17, 15) is 4.79 Å². The van der Waals surface area contributed by atoms with Crippen LogP contribution in [0.1, 0.15) is 17.2 Å². The first-order chi connectivity index (χ1) is 9.68. The second-order valence-electron chi connectivity index (χ2n) is 4.31. The lowest BCUT2D eigenvalue weighted by Crippen LogP contribution is -2.08. The lowest BCUT2D eigenvalue weighted by molar-refractivity contribution is -0.110. The van der Waals surface area contributed by atoms with Crippen LogP contribution in [0.5, 0.6) is 0 Å². The second-order valence-corrected chi connectivity index (χ2v) is 6.59. The van der Waals surface area contributed by atoms with Gasteiger partial charge in [-0.15, -0.1) is 23.4 Å². The van der Waals surface area contributed by atoms with Gasteiger partial charge in [0.15, 0.2) is 4.71 Å². The zero-order valence-electron chi connectivity index (χ0n) is 10.7. The molecule has 4 heteroatoms. The SMILES string of the molecule is O=C(Cl)C(Cl)SC(C1=CC=CC=CC1)c1ccccc1. The summed E-state index contributed by atoms with van der Waals surface area (Å²) in [6, 6.07) is 10.0. The van der Waals surface area contributed by atoms with E-state index in [2.05, 4.69) is 12.2 Å². The standard InChI is InChI=1S/C16H14Cl2OS/c17-15(19)16(18)20-14(13-10-6-3-7-11-13)12-8-4-1-2-5-9-12/h1-8,10-11,14,16H,9H2. The Morgan fingerprint density at radius 2 is 1.90 bits per heavy atom. The molecule has 1 aromatic rings. The number of hydrogen-bond acceptors (Lipinski definition) is 2. The van der Waals surface area contributed by atoms with Gasteiger partial charge in [0.25, 0.3) is 0 Å². The maximum Gasteiger partial charge on any atom is 0.249 e. The topological polar surface area (TPSA) is 17.1 Å². The zero-order chi connectivity index (χ0) is 14.4. The van der Waals surface area contributed by atoms with Crippen LogP contribution in [0.25, 0.3) is 0 Å². The fourth-order valence-electron chi connectivity index (χ4n) is 1.97. The van der Waals surface area contributed by atoms with Crippen LogP contribution < -0.4 is 0 Å². The van der Waals surface area contributed by atoms with E-state index in [1.807, 2.05) is 48.6 Å². The Morgan fingerprint density at radius 3 is 2.60 bits per heavy atom. The van der Waals surface area contributed by atoms with E-state index in [0.717, 1.165) is 12.0 Å². The molecule has 0 heterocycles. The summed E-state index contributed by atoms with van der Waals surface area (Å²) in [5, 5.41) is -0.508. The minimum absolute atomic E-state index is 0.0220. The second kappa shape index (κ2) is 7.72. The van der Waals surface area contributed by atoms with E-state index in [4.69, 9.17) is 23.2 Å². The first kappa shape index (κ1) is 15.4. The average molecular weight is 325 g/mol. The lowest BCUT2D eigenvalue weighted by atomic mass is 10.0. The Morgan fingerprint density at radius 1 is 1.15 bits per heavy atom. The summed E-state index contributed by atoms with van der Waals surface area (Å²) >= 11 is 12.9. The van der Waals surface area contributed by atoms with Gasteiger partial charge in [0.2, 0.25) is 5.24 Å². The molecule has 0 aromatic heterocycles. The van der Waals surface area contributed by atoms with E-state index in [-0.39, 0.29) is 5.25 Å². The third kappa shape index (κ3) is 4.27. The maximum atomic E-state index is 11.2. The number of hydrogen-bond donors (Lipinski definition) is 0. The van der Waals surface area contributed by atoms with Crippen molar-refractivity contribution in [1.82, 2.24) is 0 Å². The zero-order valence-corrected chi connectivity index (χ0v) is 13.0. The van der Waals surface area contributed by atoms with E-state index in [1.165, 1.54) is 17.3 Å². The molecule has 104 valence electrons. The fourth-order valence-corrected chi connectivity index (χ4v) is 3.44. The van der Waals surface area contributed by atoms with Gasteiger partial charge in [-0.1, -0.05) is 60.7 Å². The molecule has 0 saturated carbocycles. The van der Waals surface area contributed by atoms with E-state index >= 15 is 0 Å². The quantitative estimate of drug-likeness (QED) is 0.544. The molecule has 0 bridgehead atoms. The number of rotatable bonds is 5. The molecule has 2 unspecified atom stereocenters. The highest BCUT2D eigenvalue weighted by Crippen LogP contribution is 2.42. The molecule has 0 spiro atoms. The maximum absolute atomic E-state index is 11.2. The van der Waals surface area contributed by atoms with Gasteiger partial charge in [0.05, 0.1) is 5.25 Å². The highest BCUT2D eigenvalue weighted by molar-refractivity contribution is 8.02. The van der Waals surface area contributed by atoms with Gasteiger partial charge in [0, 0.05) is 0 Å². The molecule has 1 aromatic carbocycles. The number of thioether (sulfide) groups is 1. The van der Waals surface area contributed by atoms with Crippen molar-refractivity contribution in [1.29, 1.82) is 0 Å². The number of halogens is 2. The average Bonchev–Trinajstić information content (AvgIpc) is 2.74. The summed E-state index contributed by atoms with van der Waals surface area (Å²) in [7, 11) is 0. The predicted octanol–water partition coefficient (Wildman–Crippen LogP) is 5.23. The molecule has 2 atom stereocenters. The van der Waals surface area contributed by atoms with Crippen LogP contribution in [-0.2, 0) is 4.79 Å². The van der Waals surface area contributed by atoms with Gasteiger partial charge in [-0.05, 0) is 29.2 Å². The molecule has 1 aliphatic rings. The summed E-state index contributed by atoms with van der Waals surface area (Å²) in [4.78, 5) is 11.2. The lowest BCUT2D eigenvalue weighted by Gasteiger charge is -2.21. The summed E-state index contributed by atoms with van der Waals surface area (Å²) in [6.45, 7) is 0. The summed E-state index contributed by atoms with van der Waals surface area (Å²) in [6.07, 6.45) is 11.0. The Balaban J connectivity index is 2.29. The smallest absolute Gasteiger partial charge is 0.249 e.